The van der Waals surface area contributed by atoms with E-state index < -0.39 is 5.25 Å². The molecule has 0 aliphatic carbocycles. The van der Waals surface area contributed by atoms with Crippen LogP contribution >= 0.6 is 46.3 Å². The van der Waals surface area contributed by atoms with E-state index in [9.17, 15) is 4.79 Å². The molecule has 0 saturated carbocycles. The van der Waals surface area contributed by atoms with E-state index in [0.717, 1.165) is 35.7 Å². The van der Waals surface area contributed by atoms with Gasteiger partial charge in [-0.25, -0.2) is 0 Å². The first-order chi connectivity index (χ1) is 17.1. The van der Waals surface area contributed by atoms with Crippen LogP contribution in [-0.2, 0) is 16.1 Å². The molecule has 1 N–H and O–H groups in total. The first-order valence-electron chi connectivity index (χ1n) is 11.1. The number of thioether (sulfide) groups is 1. The van der Waals surface area contributed by atoms with Crippen molar-refractivity contribution in [2.24, 2.45) is 0 Å². The van der Waals surface area contributed by atoms with Gasteiger partial charge in [-0.15, -0.1) is 21.5 Å². The number of aromatic nitrogens is 3. The minimum atomic E-state index is -0.572. The third-order valence-corrected chi connectivity index (χ3v) is 8.10. The van der Waals surface area contributed by atoms with Gasteiger partial charge in [-0.2, -0.15) is 0 Å². The van der Waals surface area contributed by atoms with Crippen molar-refractivity contribution in [1.29, 1.82) is 0 Å². The summed E-state index contributed by atoms with van der Waals surface area (Å²) in [6, 6.07) is 18.6. The molecular weight excluding hydrogens is 523 g/mol. The molecule has 35 heavy (non-hydrogen) atoms. The fourth-order valence-electron chi connectivity index (χ4n) is 3.96. The molecule has 0 bridgehead atoms. The van der Waals surface area contributed by atoms with Crippen molar-refractivity contribution in [2.75, 3.05) is 11.9 Å². The van der Waals surface area contributed by atoms with Crippen molar-refractivity contribution >= 4 is 57.9 Å². The van der Waals surface area contributed by atoms with Gasteiger partial charge < -0.3 is 10.1 Å². The number of nitrogens with zero attached hydrogens (tertiary/aromatic N) is 3. The van der Waals surface area contributed by atoms with Crippen LogP contribution in [0.5, 0.6) is 0 Å². The van der Waals surface area contributed by atoms with Gasteiger partial charge in [-0.3, -0.25) is 9.36 Å². The number of anilines is 1. The molecular formula is C25H22Cl2N4O2S2. The predicted octanol–water partition coefficient (Wildman–Crippen LogP) is 6.96. The summed E-state index contributed by atoms with van der Waals surface area (Å²) in [5.41, 5.74) is 1.39. The highest BCUT2D eigenvalue weighted by molar-refractivity contribution is 8.00. The predicted molar refractivity (Wildman–Crippen MR) is 142 cm³/mol. The average molecular weight is 546 g/mol. The molecule has 2 aromatic heterocycles. The van der Waals surface area contributed by atoms with E-state index in [0.29, 0.717) is 27.4 Å². The number of benzene rings is 2. The van der Waals surface area contributed by atoms with Crippen LogP contribution in [-0.4, -0.2) is 33.4 Å². The molecule has 1 amide bonds. The van der Waals surface area contributed by atoms with Gasteiger partial charge in [0.25, 0.3) is 0 Å². The Hall–Kier alpha value is -2.36. The topological polar surface area (TPSA) is 69.0 Å². The van der Waals surface area contributed by atoms with E-state index in [1.54, 1.807) is 29.5 Å². The number of carbonyl (C=O) groups excluding carboxylic acids is 1. The van der Waals surface area contributed by atoms with Gasteiger partial charge in [0.15, 0.2) is 11.0 Å². The maximum atomic E-state index is 13.5. The SMILES string of the molecule is O=C(Nc1cc(Cl)cc(Cl)c1)[C@H](Sc1nnc(-c2cccs2)n1C[C@H]1CCCO1)c1ccccc1. The highest BCUT2D eigenvalue weighted by Crippen LogP contribution is 2.38. The Balaban J connectivity index is 1.48. The zero-order valence-corrected chi connectivity index (χ0v) is 21.7. The Kier molecular flexibility index (Phi) is 7.75. The molecule has 5 rings (SSSR count). The maximum absolute atomic E-state index is 13.5. The number of ether oxygens (including phenoxy) is 1. The molecule has 1 aliphatic rings. The number of hydrogen-bond donors (Lipinski definition) is 1. The summed E-state index contributed by atoms with van der Waals surface area (Å²) < 4.78 is 7.98. The summed E-state index contributed by atoms with van der Waals surface area (Å²) in [6.45, 7) is 1.40. The van der Waals surface area contributed by atoms with E-state index >= 15 is 0 Å². The first kappa shape index (κ1) is 24.3. The Labute approximate surface area is 221 Å². The third kappa shape index (κ3) is 5.90. The van der Waals surface area contributed by atoms with Crippen molar-refractivity contribution in [3.63, 3.8) is 0 Å². The van der Waals surface area contributed by atoms with E-state index in [-0.39, 0.29) is 12.0 Å². The Bertz CT molecular complexity index is 1270. The van der Waals surface area contributed by atoms with Crippen molar-refractivity contribution < 1.29 is 9.53 Å². The number of amides is 1. The lowest BCUT2D eigenvalue weighted by atomic mass is 10.1. The second-order valence-electron chi connectivity index (χ2n) is 8.09. The highest BCUT2D eigenvalue weighted by Gasteiger charge is 2.28. The summed E-state index contributed by atoms with van der Waals surface area (Å²) in [5, 5.41) is 15.0. The number of carbonyl (C=O) groups is 1. The van der Waals surface area contributed by atoms with Gasteiger partial charge in [0.2, 0.25) is 5.91 Å². The summed E-state index contributed by atoms with van der Waals surface area (Å²) >= 11 is 15.3. The molecule has 6 nitrogen and oxygen atoms in total. The lowest BCUT2D eigenvalue weighted by molar-refractivity contribution is -0.115. The van der Waals surface area contributed by atoms with Gasteiger partial charge in [0.05, 0.1) is 17.5 Å². The van der Waals surface area contributed by atoms with Gasteiger partial charge in [-0.05, 0) is 48.1 Å². The van der Waals surface area contributed by atoms with Crippen molar-refractivity contribution in [2.45, 2.75) is 35.9 Å². The highest BCUT2D eigenvalue weighted by atomic mass is 35.5. The average Bonchev–Trinajstić information content (AvgIpc) is 3.61. The molecule has 0 radical (unpaired) electrons. The zero-order valence-electron chi connectivity index (χ0n) is 18.6. The summed E-state index contributed by atoms with van der Waals surface area (Å²) in [4.78, 5) is 14.6. The normalized spacial score (nSPS) is 16.3. The summed E-state index contributed by atoms with van der Waals surface area (Å²) in [6.07, 6.45) is 2.13. The lowest BCUT2D eigenvalue weighted by Crippen LogP contribution is -2.21. The van der Waals surface area contributed by atoms with Crippen LogP contribution in [0.3, 0.4) is 0 Å². The van der Waals surface area contributed by atoms with Crippen LogP contribution in [0.1, 0.15) is 23.7 Å². The van der Waals surface area contributed by atoms with E-state index in [4.69, 9.17) is 27.9 Å². The number of thiophene rings is 1. The smallest absolute Gasteiger partial charge is 0.242 e. The number of hydrogen-bond acceptors (Lipinski definition) is 6. The molecule has 0 unspecified atom stereocenters. The minimum absolute atomic E-state index is 0.0988. The van der Waals surface area contributed by atoms with Gasteiger partial charge in [-0.1, -0.05) is 71.4 Å². The molecule has 1 aliphatic heterocycles. The van der Waals surface area contributed by atoms with Crippen LogP contribution in [0.15, 0.2) is 71.2 Å². The van der Waals surface area contributed by atoms with Gasteiger partial charge >= 0.3 is 0 Å². The Morgan fingerprint density at radius 3 is 2.63 bits per heavy atom. The molecule has 2 atom stereocenters. The minimum Gasteiger partial charge on any atom is -0.376 e. The summed E-state index contributed by atoms with van der Waals surface area (Å²) in [7, 11) is 0. The molecule has 2 aromatic carbocycles. The number of rotatable bonds is 8. The van der Waals surface area contributed by atoms with Crippen molar-refractivity contribution in [1.82, 2.24) is 14.8 Å². The Morgan fingerprint density at radius 2 is 1.94 bits per heavy atom. The van der Waals surface area contributed by atoms with Gasteiger partial charge in [0, 0.05) is 22.3 Å². The lowest BCUT2D eigenvalue weighted by Gasteiger charge is -2.19. The van der Waals surface area contributed by atoms with Crippen LogP contribution in [0.25, 0.3) is 10.7 Å². The maximum Gasteiger partial charge on any atom is 0.242 e. The van der Waals surface area contributed by atoms with E-state index in [1.807, 2.05) is 47.8 Å². The quantitative estimate of drug-likeness (QED) is 0.242. The molecule has 3 heterocycles. The van der Waals surface area contributed by atoms with E-state index in [2.05, 4.69) is 20.1 Å². The van der Waals surface area contributed by atoms with Gasteiger partial charge in [0.1, 0.15) is 5.25 Å². The van der Waals surface area contributed by atoms with Crippen LogP contribution in [0, 0.1) is 0 Å². The fraction of sp³-hybridized carbons (Fsp3) is 0.240. The number of nitrogens with one attached hydrogen (secondary N) is 1. The second-order valence-corrected chi connectivity index (χ2v) is 11.0. The molecule has 0 spiro atoms. The molecule has 180 valence electrons. The second kappa shape index (κ2) is 11.1. The van der Waals surface area contributed by atoms with Crippen molar-refractivity contribution in [3.8, 4) is 10.7 Å². The van der Waals surface area contributed by atoms with Crippen molar-refractivity contribution in [3.05, 3.63) is 81.7 Å². The number of halogens is 2. The Morgan fingerprint density at radius 1 is 1.14 bits per heavy atom. The first-order valence-corrected chi connectivity index (χ1v) is 13.7. The van der Waals surface area contributed by atoms with Crippen LogP contribution in [0.2, 0.25) is 10.0 Å². The molecule has 10 heteroatoms. The molecule has 1 saturated heterocycles. The van der Waals surface area contributed by atoms with E-state index in [1.165, 1.54) is 11.8 Å². The van der Waals surface area contributed by atoms with Crippen LogP contribution < -0.4 is 5.32 Å². The van der Waals surface area contributed by atoms with Crippen LogP contribution in [0.4, 0.5) is 5.69 Å². The monoisotopic (exact) mass is 544 g/mol. The largest absolute Gasteiger partial charge is 0.376 e. The molecule has 4 aromatic rings. The fourth-order valence-corrected chi connectivity index (χ4v) is 6.25. The third-order valence-electron chi connectivity index (χ3n) is 5.56. The molecule has 1 fully saturated rings. The summed E-state index contributed by atoms with van der Waals surface area (Å²) in [5.74, 6) is 0.579. The zero-order chi connectivity index (χ0) is 24.2. The standard InChI is InChI=1S/C25H22Cl2N4O2S2/c26-17-12-18(27)14-19(13-17)28-24(32)22(16-6-2-1-3-7-16)35-25-30-29-23(21-9-5-11-34-21)31(25)15-20-8-4-10-33-20/h1-3,5-7,9,11-14,20,22H,4,8,10,15H2,(H,28,32)/t20-,22-/m1/s1.